The van der Waals surface area contributed by atoms with E-state index in [1.54, 1.807) is 0 Å². The Morgan fingerprint density at radius 3 is 2.62 bits per heavy atom. The summed E-state index contributed by atoms with van der Waals surface area (Å²) in [6, 6.07) is 19.2. The van der Waals surface area contributed by atoms with Crippen LogP contribution in [0.15, 0.2) is 54.6 Å². The van der Waals surface area contributed by atoms with Gasteiger partial charge in [-0.25, -0.2) is 0 Å². The fraction of sp³-hybridized carbons (Fsp3) is 0.368. The zero-order valence-corrected chi connectivity index (χ0v) is 12.8. The predicted octanol–water partition coefficient (Wildman–Crippen LogP) is 4.07. The number of nitrogens with zero attached hydrogens (tertiary/aromatic N) is 1. The zero-order chi connectivity index (χ0) is 14.7. The summed E-state index contributed by atoms with van der Waals surface area (Å²) in [5.74, 6) is 1.57. The summed E-state index contributed by atoms with van der Waals surface area (Å²) in [4.78, 5) is 2.51. The first kappa shape index (κ1) is 14.2. The average molecular weight is 281 g/mol. The lowest BCUT2D eigenvalue weighted by molar-refractivity contribution is 0.157. The summed E-state index contributed by atoms with van der Waals surface area (Å²) < 4.78 is 6.03. The molecule has 1 heterocycles. The van der Waals surface area contributed by atoms with Gasteiger partial charge in [0, 0.05) is 25.2 Å². The van der Waals surface area contributed by atoms with Crippen molar-refractivity contribution < 1.29 is 4.74 Å². The van der Waals surface area contributed by atoms with Gasteiger partial charge in [0.05, 0.1) is 0 Å². The maximum atomic E-state index is 6.03. The lowest BCUT2D eigenvalue weighted by atomic mass is 10.0. The Bertz CT molecular complexity index is 581. The Kier molecular flexibility index (Phi) is 4.26. The van der Waals surface area contributed by atoms with Gasteiger partial charge in [0.2, 0.25) is 0 Å². The zero-order valence-electron chi connectivity index (χ0n) is 12.8. The van der Waals surface area contributed by atoms with E-state index in [9.17, 15) is 0 Å². The number of hydrogen-bond acceptors (Lipinski definition) is 2. The van der Waals surface area contributed by atoms with Crippen LogP contribution in [0.3, 0.4) is 0 Å². The van der Waals surface area contributed by atoms with E-state index in [-0.39, 0.29) is 6.10 Å². The Hall–Kier alpha value is -1.80. The maximum absolute atomic E-state index is 6.03. The molecule has 0 saturated carbocycles. The fourth-order valence-corrected chi connectivity index (χ4v) is 3.09. The number of rotatable bonds is 3. The van der Waals surface area contributed by atoms with Gasteiger partial charge in [-0.2, -0.15) is 0 Å². The van der Waals surface area contributed by atoms with Crippen LogP contribution < -0.4 is 4.74 Å². The molecule has 2 atom stereocenters. The third-order valence-electron chi connectivity index (χ3n) is 4.11. The van der Waals surface area contributed by atoms with E-state index < -0.39 is 0 Å². The van der Waals surface area contributed by atoms with Crippen molar-refractivity contribution in [3.05, 3.63) is 65.7 Å². The molecule has 0 aromatic heterocycles. The first-order valence-corrected chi connectivity index (χ1v) is 7.74. The lowest BCUT2D eigenvalue weighted by Crippen LogP contribution is -2.33. The highest BCUT2D eigenvalue weighted by atomic mass is 16.5. The van der Waals surface area contributed by atoms with Crippen molar-refractivity contribution in [2.75, 3.05) is 13.1 Å². The third-order valence-corrected chi connectivity index (χ3v) is 4.11. The van der Waals surface area contributed by atoms with Gasteiger partial charge < -0.3 is 4.74 Å². The molecule has 110 valence electrons. The van der Waals surface area contributed by atoms with Crippen LogP contribution in [-0.2, 0) is 6.54 Å². The first-order valence-electron chi connectivity index (χ1n) is 7.74. The number of benzene rings is 2. The van der Waals surface area contributed by atoms with Gasteiger partial charge in [-0.05, 0) is 24.5 Å². The molecule has 1 aliphatic rings. The number of hydrogen-bond donors (Lipinski definition) is 0. The molecule has 0 aliphatic carbocycles. The van der Waals surface area contributed by atoms with Gasteiger partial charge in [-0.3, -0.25) is 4.90 Å². The molecule has 2 aromatic carbocycles. The van der Waals surface area contributed by atoms with E-state index in [0.29, 0.717) is 5.92 Å². The molecule has 0 unspecified atom stereocenters. The first-order chi connectivity index (χ1) is 10.2. The molecule has 0 saturated heterocycles. The van der Waals surface area contributed by atoms with Gasteiger partial charge in [0.15, 0.2) is 0 Å². The van der Waals surface area contributed by atoms with Crippen molar-refractivity contribution in [1.29, 1.82) is 0 Å². The van der Waals surface area contributed by atoms with Crippen LogP contribution in [0.2, 0.25) is 0 Å². The Labute approximate surface area is 127 Å². The highest BCUT2D eigenvalue weighted by Gasteiger charge is 2.21. The van der Waals surface area contributed by atoms with Crippen molar-refractivity contribution >= 4 is 0 Å². The third kappa shape index (κ3) is 3.45. The van der Waals surface area contributed by atoms with Crippen LogP contribution >= 0.6 is 0 Å². The van der Waals surface area contributed by atoms with Crippen LogP contribution in [0.4, 0.5) is 0 Å². The van der Waals surface area contributed by atoms with Crippen molar-refractivity contribution in [3.63, 3.8) is 0 Å². The predicted molar refractivity (Wildman–Crippen MR) is 86.7 cm³/mol. The average Bonchev–Trinajstić information content (AvgIpc) is 2.65. The van der Waals surface area contributed by atoms with Crippen LogP contribution in [0.1, 0.15) is 30.9 Å². The number of ether oxygens (including phenoxy) is 1. The maximum Gasteiger partial charge on any atom is 0.124 e. The van der Waals surface area contributed by atoms with E-state index in [1.807, 2.05) is 6.07 Å². The van der Waals surface area contributed by atoms with Crippen molar-refractivity contribution in [3.8, 4) is 5.75 Å². The van der Waals surface area contributed by atoms with Crippen molar-refractivity contribution in [1.82, 2.24) is 4.90 Å². The minimum atomic E-state index is 0.233. The SMILES string of the molecule is C[C@@H]1CN(C[C@H](C)c2ccccc2)Cc2ccccc2O1. The molecule has 2 nitrogen and oxygen atoms in total. The monoisotopic (exact) mass is 281 g/mol. The van der Waals surface area contributed by atoms with Gasteiger partial charge in [0.1, 0.15) is 11.9 Å². The van der Waals surface area contributed by atoms with Crippen LogP contribution in [0.25, 0.3) is 0 Å². The van der Waals surface area contributed by atoms with Gasteiger partial charge >= 0.3 is 0 Å². The summed E-state index contributed by atoms with van der Waals surface area (Å²) in [5, 5.41) is 0. The fourth-order valence-electron chi connectivity index (χ4n) is 3.09. The topological polar surface area (TPSA) is 12.5 Å². The summed E-state index contributed by atoms with van der Waals surface area (Å²) >= 11 is 0. The normalized spacial score (nSPS) is 20.2. The molecule has 0 N–H and O–H groups in total. The highest BCUT2D eigenvalue weighted by Crippen LogP contribution is 2.26. The molecule has 0 fully saturated rings. The Balaban J connectivity index is 1.74. The second-order valence-corrected chi connectivity index (χ2v) is 6.04. The second-order valence-electron chi connectivity index (χ2n) is 6.04. The second kappa shape index (κ2) is 6.31. The summed E-state index contributed by atoms with van der Waals surface area (Å²) in [7, 11) is 0. The molecule has 2 aromatic rings. The van der Waals surface area contributed by atoms with E-state index in [1.165, 1.54) is 11.1 Å². The lowest BCUT2D eigenvalue weighted by Gasteiger charge is -2.25. The summed E-state index contributed by atoms with van der Waals surface area (Å²) in [6.45, 7) is 7.47. The standard InChI is InChI=1S/C19H23NO/c1-15(17-8-4-3-5-9-17)12-20-13-16(2)21-19-11-7-6-10-18(19)14-20/h3-11,15-16H,12-14H2,1-2H3/t15-,16+/m0/s1. The molecule has 0 spiro atoms. The number of fused-ring (bicyclic) bond motifs is 1. The van der Waals surface area contributed by atoms with Crippen LogP contribution in [0.5, 0.6) is 5.75 Å². The van der Waals surface area contributed by atoms with Gasteiger partial charge in [-0.1, -0.05) is 55.5 Å². The summed E-state index contributed by atoms with van der Waals surface area (Å²) in [6.07, 6.45) is 0.233. The molecule has 0 amide bonds. The molecule has 21 heavy (non-hydrogen) atoms. The number of para-hydroxylation sites is 1. The summed E-state index contributed by atoms with van der Waals surface area (Å²) in [5.41, 5.74) is 2.70. The van der Waals surface area contributed by atoms with Gasteiger partial charge in [-0.15, -0.1) is 0 Å². The molecule has 0 radical (unpaired) electrons. The Morgan fingerprint density at radius 2 is 1.81 bits per heavy atom. The van der Waals surface area contributed by atoms with E-state index in [2.05, 4.69) is 67.3 Å². The molecule has 0 bridgehead atoms. The van der Waals surface area contributed by atoms with E-state index in [0.717, 1.165) is 25.4 Å². The largest absolute Gasteiger partial charge is 0.489 e. The molecule has 3 rings (SSSR count). The Morgan fingerprint density at radius 1 is 1.10 bits per heavy atom. The molecular formula is C19H23NO. The van der Waals surface area contributed by atoms with E-state index in [4.69, 9.17) is 4.74 Å². The molecule has 1 aliphatic heterocycles. The van der Waals surface area contributed by atoms with E-state index >= 15 is 0 Å². The van der Waals surface area contributed by atoms with Crippen molar-refractivity contribution in [2.45, 2.75) is 32.4 Å². The minimum absolute atomic E-state index is 0.233. The van der Waals surface area contributed by atoms with Crippen molar-refractivity contribution in [2.24, 2.45) is 0 Å². The highest BCUT2D eigenvalue weighted by molar-refractivity contribution is 5.34. The minimum Gasteiger partial charge on any atom is -0.489 e. The molecule has 2 heteroatoms. The smallest absolute Gasteiger partial charge is 0.124 e. The van der Waals surface area contributed by atoms with Crippen LogP contribution in [-0.4, -0.2) is 24.1 Å². The van der Waals surface area contributed by atoms with Crippen LogP contribution in [0, 0.1) is 0 Å². The quantitative estimate of drug-likeness (QED) is 0.840. The molecular weight excluding hydrogens is 258 g/mol. The van der Waals surface area contributed by atoms with Gasteiger partial charge in [0.25, 0.3) is 0 Å².